The minimum Gasteiger partial charge on any atom is -0.494 e. The molecule has 0 aliphatic rings. The Morgan fingerprint density at radius 2 is 1.80 bits per heavy atom. The number of aromatic nitrogens is 1. The summed E-state index contributed by atoms with van der Waals surface area (Å²) in [7, 11) is 0. The van der Waals surface area contributed by atoms with E-state index in [1.807, 2.05) is 36.0 Å². The molecule has 0 radical (unpaired) electrons. The molecule has 4 heteroatoms. The Hall–Kier alpha value is -1.71. The molecule has 0 spiro atoms. The van der Waals surface area contributed by atoms with Crippen LogP contribution in [0.4, 0.5) is 0 Å². The number of hydrogen-bond acceptors (Lipinski definition) is 3. The maximum atomic E-state index is 5.87. The third-order valence-corrected chi connectivity index (χ3v) is 5.35. The fourth-order valence-corrected chi connectivity index (χ4v) is 3.81. The molecule has 3 rings (SSSR count). The number of aryl methyl sites for hydroxylation is 2. The van der Waals surface area contributed by atoms with Gasteiger partial charge in [-0.25, -0.2) is 4.98 Å². The fraction of sp³-hybridized carbons (Fsp3) is 0.286. The number of pyridine rings is 1. The molecule has 0 unspecified atom stereocenters. The van der Waals surface area contributed by atoms with Crippen molar-refractivity contribution in [3.63, 3.8) is 0 Å². The molecule has 0 aliphatic heterocycles. The zero-order chi connectivity index (χ0) is 17.6. The molecule has 0 bridgehead atoms. The van der Waals surface area contributed by atoms with Crippen molar-refractivity contribution in [1.29, 1.82) is 0 Å². The van der Waals surface area contributed by atoms with Gasteiger partial charge in [-0.1, -0.05) is 29.8 Å². The summed E-state index contributed by atoms with van der Waals surface area (Å²) in [6, 6.07) is 16.1. The van der Waals surface area contributed by atoms with Crippen LogP contribution in [-0.2, 0) is 0 Å². The Morgan fingerprint density at radius 1 is 1.00 bits per heavy atom. The number of hydrogen-bond donors (Lipinski definition) is 0. The monoisotopic (exact) mass is 371 g/mol. The van der Waals surface area contributed by atoms with Gasteiger partial charge in [-0.3, -0.25) is 0 Å². The van der Waals surface area contributed by atoms with Gasteiger partial charge in [-0.15, -0.1) is 11.8 Å². The SMILES string of the molecule is Cc1cc(SCCCCOc2ccc(Cl)cc2)nc2c(C)cccc12. The van der Waals surface area contributed by atoms with Gasteiger partial charge in [0.15, 0.2) is 0 Å². The number of halogens is 1. The molecule has 0 atom stereocenters. The van der Waals surface area contributed by atoms with Crippen LogP contribution in [0.25, 0.3) is 10.9 Å². The van der Waals surface area contributed by atoms with Crippen molar-refractivity contribution in [2.75, 3.05) is 12.4 Å². The number of unbranched alkanes of at least 4 members (excludes halogenated alkanes) is 1. The molecule has 3 aromatic rings. The lowest BCUT2D eigenvalue weighted by atomic mass is 10.1. The summed E-state index contributed by atoms with van der Waals surface area (Å²) in [4.78, 5) is 4.83. The number of nitrogens with zero attached hydrogens (tertiary/aromatic N) is 1. The first-order chi connectivity index (χ1) is 12.1. The molecule has 25 heavy (non-hydrogen) atoms. The van der Waals surface area contributed by atoms with Crippen LogP contribution in [0.2, 0.25) is 5.02 Å². The van der Waals surface area contributed by atoms with Crippen LogP contribution in [0.1, 0.15) is 24.0 Å². The third kappa shape index (κ3) is 4.90. The summed E-state index contributed by atoms with van der Waals surface area (Å²) >= 11 is 7.69. The molecule has 2 nitrogen and oxygen atoms in total. The van der Waals surface area contributed by atoms with Gasteiger partial charge in [-0.05, 0) is 73.9 Å². The zero-order valence-corrected chi connectivity index (χ0v) is 16.2. The first-order valence-electron chi connectivity index (χ1n) is 8.51. The lowest BCUT2D eigenvalue weighted by Crippen LogP contribution is -1.98. The molecule has 1 heterocycles. The molecule has 0 saturated heterocycles. The van der Waals surface area contributed by atoms with Gasteiger partial charge in [0.05, 0.1) is 17.1 Å². The molecule has 0 fully saturated rings. The van der Waals surface area contributed by atoms with Crippen molar-refractivity contribution in [2.45, 2.75) is 31.7 Å². The molecule has 0 aliphatic carbocycles. The topological polar surface area (TPSA) is 22.1 Å². The Morgan fingerprint density at radius 3 is 2.60 bits per heavy atom. The van der Waals surface area contributed by atoms with Crippen LogP contribution >= 0.6 is 23.4 Å². The van der Waals surface area contributed by atoms with Crippen LogP contribution in [0.3, 0.4) is 0 Å². The fourth-order valence-electron chi connectivity index (χ4n) is 2.71. The Labute approximate surface area is 158 Å². The number of benzene rings is 2. The van der Waals surface area contributed by atoms with Crippen molar-refractivity contribution in [3.8, 4) is 5.75 Å². The predicted octanol–water partition coefficient (Wildman–Crippen LogP) is 6.46. The largest absolute Gasteiger partial charge is 0.494 e. The predicted molar refractivity (Wildman–Crippen MR) is 108 cm³/mol. The number of para-hydroxylation sites is 1. The molecule has 130 valence electrons. The molecular weight excluding hydrogens is 350 g/mol. The summed E-state index contributed by atoms with van der Waals surface area (Å²) < 4.78 is 5.72. The van der Waals surface area contributed by atoms with E-state index in [1.54, 1.807) is 0 Å². The second kappa shape index (κ2) is 8.59. The smallest absolute Gasteiger partial charge is 0.119 e. The van der Waals surface area contributed by atoms with Crippen molar-refractivity contribution >= 4 is 34.3 Å². The van der Waals surface area contributed by atoms with Crippen molar-refractivity contribution in [3.05, 3.63) is 64.7 Å². The Balaban J connectivity index is 1.47. The molecule has 0 amide bonds. The van der Waals surface area contributed by atoms with Crippen LogP contribution in [-0.4, -0.2) is 17.3 Å². The second-order valence-corrected chi connectivity index (χ2v) is 7.66. The normalized spacial score (nSPS) is 11.0. The van der Waals surface area contributed by atoms with E-state index in [0.29, 0.717) is 0 Å². The van der Waals surface area contributed by atoms with E-state index in [2.05, 4.69) is 38.1 Å². The maximum absolute atomic E-state index is 5.87. The quantitative estimate of drug-likeness (QED) is 0.351. The summed E-state index contributed by atoms with van der Waals surface area (Å²) in [6.07, 6.45) is 2.13. The van der Waals surface area contributed by atoms with Crippen LogP contribution in [0.5, 0.6) is 5.75 Å². The first kappa shape index (κ1) is 18.1. The van der Waals surface area contributed by atoms with Gasteiger partial charge in [0.2, 0.25) is 0 Å². The van der Waals surface area contributed by atoms with E-state index in [1.165, 1.54) is 16.5 Å². The molecule has 0 N–H and O–H groups in total. The van der Waals surface area contributed by atoms with E-state index in [9.17, 15) is 0 Å². The minimum atomic E-state index is 0.728. The van der Waals surface area contributed by atoms with Crippen molar-refractivity contribution < 1.29 is 4.74 Å². The van der Waals surface area contributed by atoms with Crippen molar-refractivity contribution in [1.82, 2.24) is 4.98 Å². The van der Waals surface area contributed by atoms with E-state index in [-0.39, 0.29) is 0 Å². The summed E-state index contributed by atoms with van der Waals surface area (Å²) in [5.41, 5.74) is 3.65. The van der Waals surface area contributed by atoms with E-state index in [0.717, 1.165) is 46.5 Å². The highest BCUT2D eigenvalue weighted by Crippen LogP contribution is 2.26. The van der Waals surface area contributed by atoms with Gasteiger partial charge < -0.3 is 4.74 Å². The Kier molecular flexibility index (Phi) is 6.22. The van der Waals surface area contributed by atoms with Crippen LogP contribution in [0, 0.1) is 13.8 Å². The standard InChI is InChI=1S/C21H22ClNOS/c1-15-6-5-7-19-16(2)14-20(23-21(15)19)25-13-4-3-12-24-18-10-8-17(22)9-11-18/h5-11,14H,3-4,12-13H2,1-2H3. The average Bonchev–Trinajstić information content (AvgIpc) is 2.60. The van der Waals surface area contributed by atoms with Gasteiger partial charge in [-0.2, -0.15) is 0 Å². The van der Waals surface area contributed by atoms with Gasteiger partial charge in [0.1, 0.15) is 5.75 Å². The second-order valence-electron chi connectivity index (χ2n) is 6.11. The minimum absolute atomic E-state index is 0.728. The van der Waals surface area contributed by atoms with Crippen LogP contribution in [0.15, 0.2) is 53.6 Å². The lowest BCUT2D eigenvalue weighted by Gasteiger charge is -2.09. The maximum Gasteiger partial charge on any atom is 0.119 e. The Bertz CT molecular complexity index is 848. The van der Waals surface area contributed by atoms with Gasteiger partial charge >= 0.3 is 0 Å². The average molecular weight is 372 g/mol. The molecular formula is C21H22ClNOS. The number of thioether (sulfide) groups is 1. The number of ether oxygens (including phenoxy) is 1. The van der Waals surface area contributed by atoms with Crippen LogP contribution < -0.4 is 4.74 Å². The first-order valence-corrected chi connectivity index (χ1v) is 9.88. The summed E-state index contributed by atoms with van der Waals surface area (Å²) in [5.74, 6) is 1.92. The molecule has 2 aromatic carbocycles. The summed E-state index contributed by atoms with van der Waals surface area (Å²) in [5, 5.41) is 3.09. The number of fused-ring (bicyclic) bond motifs is 1. The van der Waals surface area contributed by atoms with E-state index in [4.69, 9.17) is 21.3 Å². The number of rotatable bonds is 7. The zero-order valence-electron chi connectivity index (χ0n) is 14.6. The third-order valence-electron chi connectivity index (χ3n) is 4.10. The van der Waals surface area contributed by atoms with Gasteiger partial charge in [0.25, 0.3) is 0 Å². The highest BCUT2D eigenvalue weighted by Gasteiger charge is 2.05. The van der Waals surface area contributed by atoms with Gasteiger partial charge in [0, 0.05) is 10.4 Å². The van der Waals surface area contributed by atoms with E-state index >= 15 is 0 Å². The van der Waals surface area contributed by atoms with Crippen molar-refractivity contribution in [2.24, 2.45) is 0 Å². The highest BCUT2D eigenvalue weighted by molar-refractivity contribution is 7.99. The molecule has 0 saturated carbocycles. The highest BCUT2D eigenvalue weighted by atomic mass is 35.5. The lowest BCUT2D eigenvalue weighted by molar-refractivity contribution is 0.310. The molecule has 1 aromatic heterocycles. The summed E-state index contributed by atoms with van der Waals surface area (Å²) in [6.45, 7) is 5.01. The van der Waals surface area contributed by atoms with E-state index < -0.39 is 0 Å².